The van der Waals surface area contributed by atoms with E-state index in [0.717, 1.165) is 24.8 Å². The smallest absolute Gasteiger partial charge is 0.198 e. The minimum Gasteiger partial charge on any atom is -0.461 e. The zero-order valence-electron chi connectivity index (χ0n) is 6.30. The number of rotatable bonds is 0. The topological polar surface area (TPSA) is 30.2 Å². The van der Waals surface area contributed by atoms with Crippen LogP contribution in [-0.2, 0) is 6.42 Å². The summed E-state index contributed by atoms with van der Waals surface area (Å²) in [7, 11) is 0. The molecule has 2 rings (SSSR count). The molecule has 2 nitrogen and oxygen atoms in total. The zero-order valence-corrected chi connectivity index (χ0v) is 6.30. The molecule has 1 aliphatic rings. The second kappa shape index (κ2) is 2.53. The molecule has 0 saturated heterocycles. The van der Waals surface area contributed by atoms with Crippen molar-refractivity contribution in [1.82, 2.24) is 0 Å². The first kappa shape index (κ1) is 6.65. The van der Waals surface area contributed by atoms with Crippen molar-refractivity contribution >= 4 is 5.78 Å². The fourth-order valence-electron chi connectivity index (χ4n) is 1.49. The van der Waals surface area contributed by atoms with E-state index in [4.69, 9.17) is 4.42 Å². The van der Waals surface area contributed by atoms with Gasteiger partial charge in [-0.2, -0.15) is 0 Å². The number of carbonyl (C=O) groups is 1. The van der Waals surface area contributed by atoms with Gasteiger partial charge in [0.2, 0.25) is 0 Å². The Morgan fingerprint density at radius 1 is 1.27 bits per heavy atom. The Balaban J connectivity index is 2.41. The summed E-state index contributed by atoms with van der Waals surface area (Å²) in [5.74, 6) is 0.769. The molecule has 0 saturated carbocycles. The molecule has 1 aromatic rings. The molecular weight excluding hydrogens is 140 g/mol. The van der Waals surface area contributed by atoms with Crippen molar-refractivity contribution in [2.45, 2.75) is 25.7 Å². The Hall–Kier alpha value is -1.05. The molecule has 0 amide bonds. The Morgan fingerprint density at radius 2 is 2.09 bits per heavy atom. The molecule has 2 heteroatoms. The van der Waals surface area contributed by atoms with Gasteiger partial charge in [-0.1, -0.05) is 0 Å². The lowest BCUT2D eigenvalue weighted by Crippen LogP contribution is -1.95. The molecule has 0 aliphatic heterocycles. The van der Waals surface area contributed by atoms with E-state index < -0.39 is 0 Å². The maximum absolute atomic E-state index is 11.3. The number of Topliss-reactive ketones (excluding diaryl/α,β-unsaturated/α-hetero) is 1. The summed E-state index contributed by atoms with van der Waals surface area (Å²) in [4.78, 5) is 11.3. The first-order valence-electron chi connectivity index (χ1n) is 3.97. The highest BCUT2D eigenvalue weighted by atomic mass is 16.3. The predicted molar refractivity (Wildman–Crippen MR) is 40.6 cm³/mol. The predicted octanol–water partition coefficient (Wildman–Crippen LogP) is 2.19. The number of aryl methyl sites for hydroxylation is 1. The molecule has 0 bridgehead atoms. The van der Waals surface area contributed by atoms with Crippen LogP contribution in [0, 0.1) is 0 Å². The summed E-state index contributed by atoms with van der Waals surface area (Å²) >= 11 is 0. The molecule has 0 atom stereocenters. The summed E-state index contributed by atoms with van der Waals surface area (Å²) in [5, 5.41) is 0. The maximum atomic E-state index is 11.3. The van der Waals surface area contributed by atoms with Crippen LogP contribution in [0.1, 0.15) is 35.4 Å². The molecule has 0 fully saturated rings. The van der Waals surface area contributed by atoms with Gasteiger partial charge in [0.25, 0.3) is 0 Å². The normalized spacial score (nSPS) is 17.6. The van der Waals surface area contributed by atoms with Crippen molar-refractivity contribution in [2.24, 2.45) is 0 Å². The number of carbonyl (C=O) groups excluding carboxylic acids is 1. The maximum Gasteiger partial charge on any atom is 0.198 e. The van der Waals surface area contributed by atoms with Crippen molar-refractivity contribution < 1.29 is 9.21 Å². The van der Waals surface area contributed by atoms with Crippen LogP contribution in [0.5, 0.6) is 0 Å². The van der Waals surface area contributed by atoms with Gasteiger partial charge in [-0.05, 0) is 25.3 Å². The summed E-state index contributed by atoms with van der Waals surface area (Å²) < 4.78 is 5.10. The third-order valence-electron chi connectivity index (χ3n) is 2.10. The number of hydrogen-bond donors (Lipinski definition) is 0. The fraction of sp³-hybridized carbons (Fsp3) is 0.444. The Bertz CT molecular complexity index is 273. The summed E-state index contributed by atoms with van der Waals surface area (Å²) in [6, 6.07) is 1.90. The lowest BCUT2D eigenvalue weighted by Gasteiger charge is -1.91. The fourth-order valence-corrected chi connectivity index (χ4v) is 1.49. The van der Waals surface area contributed by atoms with Crippen LogP contribution in [0.2, 0.25) is 0 Å². The van der Waals surface area contributed by atoms with Crippen LogP contribution >= 0.6 is 0 Å². The molecule has 0 radical (unpaired) electrons. The van der Waals surface area contributed by atoms with Crippen molar-refractivity contribution in [3.63, 3.8) is 0 Å². The van der Waals surface area contributed by atoms with Crippen molar-refractivity contribution in [2.75, 3.05) is 0 Å². The monoisotopic (exact) mass is 150 g/mol. The lowest BCUT2D eigenvalue weighted by molar-refractivity contribution is 0.0955. The SMILES string of the molecule is O=C1CCCCc2ccoc21. The van der Waals surface area contributed by atoms with Gasteiger partial charge in [-0.25, -0.2) is 0 Å². The van der Waals surface area contributed by atoms with Gasteiger partial charge in [0.1, 0.15) is 0 Å². The largest absolute Gasteiger partial charge is 0.461 e. The van der Waals surface area contributed by atoms with Gasteiger partial charge >= 0.3 is 0 Å². The molecule has 1 aromatic heterocycles. The first-order valence-corrected chi connectivity index (χ1v) is 3.97. The van der Waals surface area contributed by atoms with E-state index in [1.807, 2.05) is 6.07 Å². The van der Waals surface area contributed by atoms with Crippen LogP contribution in [0.15, 0.2) is 16.7 Å². The minimum absolute atomic E-state index is 0.169. The number of fused-ring (bicyclic) bond motifs is 1. The summed E-state index contributed by atoms with van der Waals surface area (Å²) in [6.45, 7) is 0. The van der Waals surface area contributed by atoms with E-state index in [2.05, 4.69) is 0 Å². The third-order valence-corrected chi connectivity index (χ3v) is 2.10. The van der Waals surface area contributed by atoms with E-state index in [1.54, 1.807) is 6.26 Å². The van der Waals surface area contributed by atoms with Crippen LogP contribution < -0.4 is 0 Å². The standard InChI is InChI=1S/C9H10O2/c10-8-4-2-1-3-7-5-6-11-9(7)8/h5-6H,1-4H2. The van der Waals surface area contributed by atoms with Gasteiger partial charge in [0.15, 0.2) is 11.5 Å². The molecule has 0 aromatic carbocycles. The second-order valence-electron chi connectivity index (χ2n) is 2.91. The number of hydrogen-bond acceptors (Lipinski definition) is 2. The molecule has 1 heterocycles. The molecular formula is C9H10O2. The van der Waals surface area contributed by atoms with Gasteiger partial charge in [0.05, 0.1) is 6.26 Å². The highest BCUT2D eigenvalue weighted by Crippen LogP contribution is 2.20. The van der Waals surface area contributed by atoms with Crippen LogP contribution in [0.4, 0.5) is 0 Å². The van der Waals surface area contributed by atoms with Crippen LogP contribution in [0.3, 0.4) is 0 Å². The molecule has 58 valence electrons. The van der Waals surface area contributed by atoms with E-state index in [-0.39, 0.29) is 5.78 Å². The van der Waals surface area contributed by atoms with Crippen molar-refractivity contribution in [1.29, 1.82) is 0 Å². The van der Waals surface area contributed by atoms with Gasteiger partial charge < -0.3 is 4.42 Å². The first-order chi connectivity index (χ1) is 5.38. The summed E-state index contributed by atoms with van der Waals surface area (Å²) in [5.41, 5.74) is 1.09. The number of ketones is 1. The quantitative estimate of drug-likeness (QED) is 0.530. The average Bonchev–Trinajstić information content (AvgIpc) is 2.40. The van der Waals surface area contributed by atoms with Crippen molar-refractivity contribution in [3.8, 4) is 0 Å². The van der Waals surface area contributed by atoms with E-state index in [9.17, 15) is 4.79 Å². The van der Waals surface area contributed by atoms with E-state index in [1.165, 1.54) is 0 Å². The van der Waals surface area contributed by atoms with E-state index >= 15 is 0 Å². The van der Waals surface area contributed by atoms with Gasteiger partial charge in [0, 0.05) is 12.0 Å². The van der Waals surface area contributed by atoms with Gasteiger partial charge in [-0.3, -0.25) is 4.79 Å². The molecule has 0 N–H and O–H groups in total. The lowest BCUT2D eigenvalue weighted by atomic mass is 10.1. The minimum atomic E-state index is 0.169. The summed E-state index contributed by atoms with van der Waals surface area (Å²) in [6.07, 6.45) is 5.37. The van der Waals surface area contributed by atoms with Gasteiger partial charge in [-0.15, -0.1) is 0 Å². The Labute approximate surface area is 65.2 Å². The molecule has 0 spiro atoms. The molecule has 11 heavy (non-hydrogen) atoms. The van der Waals surface area contributed by atoms with Crippen LogP contribution in [0.25, 0.3) is 0 Å². The third kappa shape index (κ3) is 1.09. The van der Waals surface area contributed by atoms with Crippen LogP contribution in [-0.4, -0.2) is 5.78 Å². The molecule has 0 unspecified atom stereocenters. The average molecular weight is 150 g/mol. The zero-order chi connectivity index (χ0) is 7.68. The second-order valence-corrected chi connectivity index (χ2v) is 2.91. The Morgan fingerprint density at radius 3 is 3.00 bits per heavy atom. The highest BCUT2D eigenvalue weighted by Gasteiger charge is 2.17. The highest BCUT2D eigenvalue weighted by molar-refractivity contribution is 5.95. The van der Waals surface area contributed by atoms with Crippen molar-refractivity contribution in [3.05, 3.63) is 23.7 Å². The Kier molecular flexibility index (Phi) is 1.53. The molecule has 1 aliphatic carbocycles. The van der Waals surface area contributed by atoms with E-state index in [0.29, 0.717) is 12.2 Å². The number of furan rings is 1.